The summed E-state index contributed by atoms with van der Waals surface area (Å²) in [6.07, 6.45) is 1.67. The molecule has 4 nitrogen and oxygen atoms in total. The molecule has 0 amide bonds. The summed E-state index contributed by atoms with van der Waals surface area (Å²) in [7, 11) is 1.58. The number of methoxy groups -OCH3 is 1. The van der Waals surface area contributed by atoms with E-state index in [9.17, 15) is 5.26 Å². The molecule has 0 radical (unpaired) electrons. The fourth-order valence-electron chi connectivity index (χ4n) is 2.15. The van der Waals surface area contributed by atoms with E-state index in [0.29, 0.717) is 17.1 Å². The van der Waals surface area contributed by atoms with E-state index in [0.717, 1.165) is 16.5 Å². The molecule has 0 fully saturated rings. The molecule has 3 rings (SSSR count). The fraction of sp³-hybridized carbons (Fsp3) is 0.0667. The van der Waals surface area contributed by atoms with Crippen LogP contribution in [-0.2, 0) is 0 Å². The van der Waals surface area contributed by atoms with Crippen LogP contribution in [0.1, 0.15) is 5.56 Å². The zero-order valence-electron chi connectivity index (χ0n) is 10.3. The van der Waals surface area contributed by atoms with E-state index in [1.165, 1.54) is 0 Å². The summed E-state index contributed by atoms with van der Waals surface area (Å²) in [4.78, 5) is 7.33. The van der Waals surface area contributed by atoms with Crippen LogP contribution in [-0.4, -0.2) is 17.1 Å². The van der Waals surface area contributed by atoms with E-state index in [-0.39, 0.29) is 0 Å². The lowest BCUT2D eigenvalue weighted by atomic mass is 10.0. The van der Waals surface area contributed by atoms with E-state index in [2.05, 4.69) is 16.0 Å². The molecule has 2 heterocycles. The highest BCUT2D eigenvalue weighted by Gasteiger charge is 2.13. The number of H-pyrrole nitrogens is 1. The molecule has 1 aromatic carbocycles. The van der Waals surface area contributed by atoms with Crippen molar-refractivity contribution in [3.63, 3.8) is 0 Å². The average Bonchev–Trinajstić information content (AvgIpc) is 2.90. The van der Waals surface area contributed by atoms with Gasteiger partial charge < -0.3 is 9.72 Å². The lowest BCUT2D eigenvalue weighted by Crippen LogP contribution is -1.90. The van der Waals surface area contributed by atoms with Crippen molar-refractivity contribution in [2.45, 2.75) is 0 Å². The third-order valence-corrected chi connectivity index (χ3v) is 3.03. The first-order valence-electron chi connectivity index (χ1n) is 5.85. The van der Waals surface area contributed by atoms with Crippen molar-refractivity contribution in [3.8, 4) is 23.1 Å². The van der Waals surface area contributed by atoms with Gasteiger partial charge in [-0.25, -0.2) is 0 Å². The van der Waals surface area contributed by atoms with Crippen LogP contribution in [0.2, 0.25) is 0 Å². The molecule has 0 atom stereocenters. The molecule has 19 heavy (non-hydrogen) atoms. The van der Waals surface area contributed by atoms with Crippen molar-refractivity contribution in [2.24, 2.45) is 0 Å². The first kappa shape index (κ1) is 11.3. The van der Waals surface area contributed by atoms with Gasteiger partial charge in [-0.1, -0.05) is 30.3 Å². The van der Waals surface area contributed by atoms with Gasteiger partial charge in [0.25, 0.3) is 0 Å². The van der Waals surface area contributed by atoms with Crippen molar-refractivity contribution in [2.75, 3.05) is 7.11 Å². The van der Waals surface area contributed by atoms with Gasteiger partial charge in [-0.2, -0.15) is 10.2 Å². The second-order valence-electron chi connectivity index (χ2n) is 4.12. The van der Waals surface area contributed by atoms with E-state index in [4.69, 9.17) is 4.74 Å². The second kappa shape index (κ2) is 4.46. The largest absolute Gasteiger partial charge is 0.481 e. The lowest BCUT2D eigenvalue weighted by molar-refractivity contribution is 0.399. The lowest BCUT2D eigenvalue weighted by Gasteiger charge is -2.06. The Morgan fingerprint density at radius 3 is 2.74 bits per heavy atom. The normalized spacial score (nSPS) is 10.3. The van der Waals surface area contributed by atoms with Crippen LogP contribution in [0.15, 0.2) is 42.6 Å². The molecule has 0 spiro atoms. The van der Waals surface area contributed by atoms with Gasteiger partial charge in [-0.05, 0) is 11.1 Å². The molecule has 3 aromatic rings. The number of benzene rings is 1. The molecule has 1 N–H and O–H groups in total. The van der Waals surface area contributed by atoms with Gasteiger partial charge in [0.2, 0.25) is 5.88 Å². The van der Waals surface area contributed by atoms with E-state index in [1.54, 1.807) is 13.3 Å². The number of aromatic nitrogens is 2. The quantitative estimate of drug-likeness (QED) is 0.759. The average molecular weight is 249 g/mol. The Balaban J connectivity index is 2.38. The summed E-state index contributed by atoms with van der Waals surface area (Å²) in [5.74, 6) is 0.526. The molecule has 0 aliphatic heterocycles. The topological polar surface area (TPSA) is 61.7 Å². The van der Waals surface area contributed by atoms with E-state index < -0.39 is 0 Å². The molecule has 2 aromatic heterocycles. The van der Waals surface area contributed by atoms with Crippen molar-refractivity contribution in [1.82, 2.24) is 9.97 Å². The standard InChI is InChI=1S/C15H11N3O/c1-19-13-7-12(10-5-3-2-4-6-10)14-11(8-16)9-17-15(14)18-13/h2-7,9H,1H3,(H,17,18). The summed E-state index contributed by atoms with van der Waals surface area (Å²) >= 11 is 0. The zero-order chi connectivity index (χ0) is 13.2. The van der Waals surface area contributed by atoms with Gasteiger partial charge in [0.15, 0.2) is 0 Å². The number of hydrogen-bond donors (Lipinski definition) is 1. The Bertz CT molecular complexity index is 769. The number of aromatic amines is 1. The van der Waals surface area contributed by atoms with Crippen molar-refractivity contribution < 1.29 is 4.74 Å². The maximum Gasteiger partial charge on any atom is 0.215 e. The minimum Gasteiger partial charge on any atom is -0.481 e. The third kappa shape index (κ3) is 1.81. The number of nitrogens with zero attached hydrogens (tertiary/aromatic N) is 2. The fourth-order valence-corrected chi connectivity index (χ4v) is 2.15. The van der Waals surface area contributed by atoms with Gasteiger partial charge in [-0.3, -0.25) is 0 Å². The second-order valence-corrected chi connectivity index (χ2v) is 4.12. The monoisotopic (exact) mass is 249 g/mol. The van der Waals surface area contributed by atoms with E-state index >= 15 is 0 Å². The van der Waals surface area contributed by atoms with Crippen molar-refractivity contribution >= 4 is 11.0 Å². The van der Waals surface area contributed by atoms with Crippen LogP contribution < -0.4 is 4.74 Å². The van der Waals surface area contributed by atoms with Gasteiger partial charge >= 0.3 is 0 Å². The smallest absolute Gasteiger partial charge is 0.215 e. The molecular weight excluding hydrogens is 238 g/mol. The van der Waals surface area contributed by atoms with Crippen molar-refractivity contribution in [1.29, 1.82) is 5.26 Å². The molecule has 0 aliphatic rings. The highest BCUT2D eigenvalue weighted by Crippen LogP contribution is 2.32. The van der Waals surface area contributed by atoms with Gasteiger partial charge in [0.05, 0.1) is 12.7 Å². The summed E-state index contributed by atoms with van der Waals surface area (Å²) < 4.78 is 5.21. The van der Waals surface area contributed by atoms with Crippen molar-refractivity contribution in [3.05, 3.63) is 48.2 Å². The minimum atomic E-state index is 0.526. The highest BCUT2D eigenvalue weighted by atomic mass is 16.5. The Morgan fingerprint density at radius 1 is 1.26 bits per heavy atom. The molecular formula is C15H11N3O. The molecule has 0 unspecified atom stereocenters. The van der Waals surface area contributed by atoms with Crippen LogP contribution >= 0.6 is 0 Å². The van der Waals surface area contributed by atoms with Gasteiger partial charge in [-0.15, -0.1) is 0 Å². The Labute approximate surface area is 110 Å². The first-order valence-corrected chi connectivity index (χ1v) is 5.85. The first-order chi connectivity index (χ1) is 9.33. The number of fused-ring (bicyclic) bond motifs is 1. The van der Waals surface area contributed by atoms with Gasteiger partial charge in [0, 0.05) is 17.6 Å². The molecule has 0 bridgehead atoms. The molecule has 0 saturated heterocycles. The number of nitriles is 1. The summed E-state index contributed by atoms with van der Waals surface area (Å²) in [5.41, 5.74) is 3.23. The van der Waals surface area contributed by atoms with Crippen LogP contribution in [0.5, 0.6) is 5.88 Å². The number of ether oxygens (including phenoxy) is 1. The van der Waals surface area contributed by atoms with E-state index in [1.807, 2.05) is 36.4 Å². The molecule has 0 saturated carbocycles. The van der Waals surface area contributed by atoms with Crippen LogP contribution in [0.25, 0.3) is 22.2 Å². The Morgan fingerprint density at radius 2 is 2.05 bits per heavy atom. The Hall–Kier alpha value is -2.80. The minimum absolute atomic E-state index is 0.526. The molecule has 0 aliphatic carbocycles. The summed E-state index contributed by atoms with van der Waals surface area (Å²) in [5, 5.41) is 10.0. The Kier molecular flexibility index (Phi) is 2.66. The van der Waals surface area contributed by atoms with Crippen LogP contribution in [0.3, 0.4) is 0 Å². The summed E-state index contributed by atoms with van der Waals surface area (Å²) in [6.45, 7) is 0. The van der Waals surface area contributed by atoms with Crippen LogP contribution in [0, 0.1) is 11.3 Å². The number of pyridine rings is 1. The number of hydrogen-bond acceptors (Lipinski definition) is 3. The predicted octanol–water partition coefficient (Wildman–Crippen LogP) is 3.11. The molecule has 4 heteroatoms. The predicted molar refractivity (Wildman–Crippen MR) is 72.8 cm³/mol. The number of rotatable bonds is 2. The molecule has 92 valence electrons. The summed E-state index contributed by atoms with van der Waals surface area (Å²) in [6, 6.07) is 13.9. The van der Waals surface area contributed by atoms with Gasteiger partial charge in [0.1, 0.15) is 11.7 Å². The SMILES string of the molecule is COc1cc(-c2ccccc2)c2c(C#N)c[nH]c2n1. The third-order valence-electron chi connectivity index (χ3n) is 3.03. The zero-order valence-corrected chi connectivity index (χ0v) is 10.3. The van der Waals surface area contributed by atoms with Crippen LogP contribution in [0.4, 0.5) is 0 Å². The highest BCUT2D eigenvalue weighted by molar-refractivity contribution is 5.97. The maximum atomic E-state index is 9.19. The number of nitrogens with one attached hydrogen (secondary N) is 1. The maximum absolute atomic E-state index is 9.19.